The molecule has 0 amide bonds. The van der Waals surface area contributed by atoms with Crippen LogP contribution in [0.15, 0.2) is 30.3 Å². The molecule has 0 saturated heterocycles. The van der Waals surface area contributed by atoms with Crippen molar-refractivity contribution < 1.29 is 14.3 Å². The molecule has 0 atom stereocenters. The predicted octanol–water partition coefficient (Wildman–Crippen LogP) is 1.35. The van der Waals surface area contributed by atoms with Crippen LogP contribution in [0.5, 0.6) is 5.75 Å². The van der Waals surface area contributed by atoms with Crippen LogP contribution in [0.4, 0.5) is 0 Å². The second-order valence-electron chi connectivity index (χ2n) is 3.27. The van der Waals surface area contributed by atoms with Gasteiger partial charge in [-0.15, -0.1) is 0 Å². The predicted molar refractivity (Wildman–Crippen MR) is 61.2 cm³/mol. The summed E-state index contributed by atoms with van der Waals surface area (Å²) in [4.78, 5) is 11.1. The highest BCUT2D eigenvalue weighted by Crippen LogP contribution is 2.07. The van der Waals surface area contributed by atoms with E-state index in [1.807, 2.05) is 30.3 Å². The van der Waals surface area contributed by atoms with Crippen LogP contribution < -0.4 is 10.5 Å². The Labute approximate surface area is 95.3 Å². The lowest BCUT2D eigenvalue weighted by Crippen LogP contribution is -2.13. The quantitative estimate of drug-likeness (QED) is 0.560. The SMILES string of the molecule is NCCCC(=O)OCCOc1ccccc1. The molecule has 1 aromatic carbocycles. The molecule has 16 heavy (non-hydrogen) atoms. The van der Waals surface area contributed by atoms with E-state index in [9.17, 15) is 4.79 Å². The van der Waals surface area contributed by atoms with Crippen molar-refractivity contribution in [3.05, 3.63) is 30.3 Å². The molecule has 0 saturated carbocycles. The monoisotopic (exact) mass is 223 g/mol. The zero-order valence-electron chi connectivity index (χ0n) is 9.22. The van der Waals surface area contributed by atoms with E-state index in [1.54, 1.807) is 0 Å². The third kappa shape index (κ3) is 5.36. The van der Waals surface area contributed by atoms with Crippen LogP contribution in [0, 0.1) is 0 Å². The minimum atomic E-state index is -0.220. The Morgan fingerprint density at radius 1 is 1.19 bits per heavy atom. The Balaban J connectivity index is 2.06. The Kier molecular flexibility index (Phi) is 6.03. The van der Waals surface area contributed by atoms with Gasteiger partial charge in [-0.25, -0.2) is 0 Å². The molecule has 4 heteroatoms. The number of para-hydroxylation sites is 1. The smallest absolute Gasteiger partial charge is 0.305 e. The summed E-state index contributed by atoms with van der Waals surface area (Å²) in [6, 6.07) is 9.41. The fourth-order valence-electron chi connectivity index (χ4n) is 1.15. The Bertz CT molecular complexity index is 300. The highest BCUT2D eigenvalue weighted by Gasteiger charge is 2.01. The number of ether oxygens (including phenoxy) is 2. The zero-order chi connectivity index (χ0) is 11.6. The minimum Gasteiger partial charge on any atom is -0.490 e. The number of carbonyl (C=O) groups is 1. The van der Waals surface area contributed by atoms with Gasteiger partial charge in [-0.05, 0) is 25.1 Å². The average molecular weight is 223 g/mol. The maximum absolute atomic E-state index is 11.1. The molecule has 88 valence electrons. The van der Waals surface area contributed by atoms with Crippen molar-refractivity contribution in [2.24, 2.45) is 5.73 Å². The van der Waals surface area contributed by atoms with Crippen molar-refractivity contribution in [3.63, 3.8) is 0 Å². The van der Waals surface area contributed by atoms with Gasteiger partial charge in [-0.3, -0.25) is 4.79 Å². The minimum absolute atomic E-state index is 0.220. The molecule has 0 fully saturated rings. The number of nitrogens with two attached hydrogens (primary N) is 1. The summed E-state index contributed by atoms with van der Waals surface area (Å²) in [5.41, 5.74) is 5.28. The number of benzene rings is 1. The molecule has 1 rings (SSSR count). The number of hydrogen-bond donors (Lipinski definition) is 1. The fourth-order valence-corrected chi connectivity index (χ4v) is 1.15. The van der Waals surface area contributed by atoms with Crippen molar-refractivity contribution in [2.45, 2.75) is 12.8 Å². The molecule has 0 bridgehead atoms. The van der Waals surface area contributed by atoms with Crippen molar-refractivity contribution in [3.8, 4) is 5.75 Å². The molecular formula is C12H17NO3. The molecule has 4 nitrogen and oxygen atoms in total. The standard InChI is InChI=1S/C12H17NO3/c13-8-4-7-12(14)16-10-9-15-11-5-2-1-3-6-11/h1-3,5-6H,4,7-10,13H2. The highest BCUT2D eigenvalue weighted by atomic mass is 16.6. The van der Waals surface area contributed by atoms with E-state index in [-0.39, 0.29) is 12.6 Å². The number of rotatable bonds is 7. The van der Waals surface area contributed by atoms with Crippen molar-refractivity contribution >= 4 is 5.97 Å². The van der Waals surface area contributed by atoms with Crippen LogP contribution in [-0.4, -0.2) is 25.7 Å². The molecule has 0 aliphatic heterocycles. The molecule has 0 spiro atoms. The van der Waals surface area contributed by atoms with E-state index in [1.165, 1.54) is 0 Å². The first kappa shape index (κ1) is 12.5. The maximum atomic E-state index is 11.1. The second kappa shape index (κ2) is 7.70. The lowest BCUT2D eigenvalue weighted by atomic mass is 10.3. The van der Waals surface area contributed by atoms with Crippen LogP contribution >= 0.6 is 0 Å². The fraction of sp³-hybridized carbons (Fsp3) is 0.417. The van der Waals surface area contributed by atoms with E-state index in [0.717, 1.165) is 5.75 Å². The second-order valence-corrected chi connectivity index (χ2v) is 3.27. The first-order chi connectivity index (χ1) is 7.83. The van der Waals surface area contributed by atoms with Crippen molar-refractivity contribution in [1.82, 2.24) is 0 Å². The molecule has 1 aromatic rings. The van der Waals surface area contributed by atoms with Gasteiger partial charge in [0, 0.05) is 6.42 Å². The summed E-state index contributed by atoms with van der Waals surface area (Å²) in [6.07, 6.45) is 1.04. The molecule has 0 heterocycles. The molecule has 0 aromatic heterocycles. The Morgan fingerprint density at radius 2 is 1.94 bits per heavy atom. The van der Waals surface area contributed by atoms with Crippen LogP contribution in [0.3, 0.4) is 0 Å². The van der Waals surface area contributed by atoms with Gasteiger partial charge < -0.3 is 15.2 Å². The maximum Gasteiger partial charge on any atom is 0.305 e. The van der Waals surface area contributed by atoms with E-state index < -0.39 is 0 Å². The molecule has 0 aliphatic carbocycles. The van der Waals surface area contributed by atoms with Gasteiger partial charge in [0.15, 0.2) is 0 Å². The molecule has 0 unspecified atom stereocenters. The number of esters is 1. The number of hydrogen-bond acceptors (Lipinski definition) is 4. The van der Waals surface area contributed by atoms with Gasteiger partial charge in [0.25, 0.3) is 0 Å². The van der Waals surface area contributed by atoms with E-state index >= 15 is 0 Å². The van der Waals surface area contributed by atoms with E-state index in [0.29, 0.717) is 26.0 Å². The zero-order valence-corrected chi connectivity index (χ0v) is 9.22. The van der Waals surface area contributed by atoms with Crippen LogP contribution in [0.2, 0.25) is 0 Å². The largest absolute Gasteiger partial charge is 0.490 e. The average Bonchev–Trinajstić information content (AvgIpc) is 2.33. The van der Waals surface area contributed by atoms with Gasteiger partial charge in [-0.1, -0.05) is 18.2 Å². The van der Waals surface area contributed by atoms with Crippen molar-refractivity contribution in [1.29, 1.82) is 0 Å². The summed E-state index contributed by atoms with van der Waals surface area (Å²) < 4.78 is 10.3. The summed E-state index contributed by atoms with van der Waals surface area (Å²) in [7, 11) is 0. The Hall–Kier alpha value is -1.55. The number of carbonyl (C=O) groups excluding carboxylic acids is 1. The molecule has 0 aliphatic rings. The Morgan fingerprint density at radius 3 is 2.62 bits per heavy atom. The van der Waals surface area contributed by atoms with Gasteiger partial charge in [0.1, 0.15) is 19.0 Å². The highest BCUT2D eigenvalue weighted by molar-refractivity contribution is 5.69. The summed E-state index contributed by atoms with van der Waals surface area (Å²) in [6.45, 7) is 1.16. The lowest BCUT2D eigenvalue weighted by Gasteiger charge is -2.06. The normalized spacial score (nSPS) is 9.81. The molecule has 0 radical (unpaired) electrons. The van der Waals surface area contributed by atoms with Crippen LogP contribution in [-0.2, 0) is 9.53 Å². The van der Waals surface area contributed by atoms with Crippen LogP contribution in [0.1, 0.15) is 12.8 Å². The van der Waals surface area contributed by atoms with Crippen LogP contribution in [0.25, 0.3) is 0 Å². The third-order valence-corrected chi connectivity index (χ3v) is 1.94. The summed E-state index contributed by atoms with van der Waals surface area (Å²) >= 11 is 0. The summed E-state index contributed by atoms with van der Waals surface area (Å²) in [5.74, 6) is 0.558. The van der Waals surface area contributed by atoms with Crippen molar-refractivity contribution in [2.75, 3.05) is 19.8 Å². The summed E-state index contributed by atoms with van der Waals surface area (Å²) in [5, 5.41) is 0. The van der Waals surface area contributed by atoms with Gasteiger partial charge in [0.2, 0.25) is 0 Å². The topological polar surface area (TPSA) is 61.6 Å². The van der Waals surface area contributed by atoms with Gasteiger partial charge >= 0.3 is 5.97 Å². The third-order valence-electron chi connectivity index (χ3n) is 1.94. The van der Waals surface area contributed by atoms with Gasteiger partial charge in [0.05, 0.1) is 0 Å². The molecule has 2 N–H and O–H groups in total. The molecular weight excluding hydrogens is 206 g/mol. The first-order valence-electron chi connectivity index (χ1n) is 5.36. The van der Waals surface area contributed by atoms with E-state index in [2.05, 4.69) is 0 Å². The first-order valence-corrected chi connectivity index (χ1v) is 5.36. The van der Waals surface area contributed by atoms with Gasteiger partial charge in [-0.2, -0.15) is 0 Å². The lowest BCUT2D eigenvalue weighted by molar-refractivity contribution is -0.144. The van der Waals surface area contributed by atoms with E-state index in [4.69, 9.17) is 15.2 Å².